The molecule has 0 aliphatic carbocycles. The van der Waals surface area contributed by atoms with Crippen LogP contribution in [0.25, 0.3) is 0 Å². The normalized spacial score (nSPS) is 35.1. The Bertz CT molecular complexity index is 771. The monoisotopic (exact) mass is 451 g/mol. The van der Waals surface area contributed by atoms with Crippen molar-refractivity contribution in [2.75, 3.05) is 52.5 Å². The number of morpholine rings is 1. The molecule has 0 aromatic rings. The maximum absolute atomic E-state index is 13.9. The third-order valence-corrected chi connectivity index (χ3v) is 7.45. The highest BCUT2D eigenvalue weighted by molar-refractivity contribution is 5.98. The van der Waals surface area contributed by atoms with E-state index < -0.39 is 47.5 Å². The quantitative estimate of drug-likeness (QED) is 0.436. The Hall–Kier alpha value is -2.01. The highest BCUT2D eigenvalue weighted by Gasteiger charge is 2.75. The van der Waals surface area contributed by atoms with Crippen molar-refractivity contribution in [3.8, 4) is 0 Å². The largest absolute Gasteiger partial charge is 0.481 e. The van der Waals surface area contributed by atoms with E-state index in [1.165, 1.54) is 4.90 Å². The number of aliphatic carboxylic acids is 1. The minimum absolute atomic E-state index is 0.277. The summed E-state index contributed by atoms with van der Waals surface area (Å²) in [7, 11) is 0. The summed E-state index contributed by atoms with van der Waals surface area (Å²) in [4.78, 5) is 44.6. The summed E-state index contributed by atoms with van der Waals surface area (Å²) in [6, 6.07) is -1.58. The second-order valence-electron chi connectivity index (χ2n) is 9.20. The molecule has 2 amide bonds. The highest BCUT2D eigenvalue weighted by Crippen LogP contribution is 2.58. The van der Waals surface area contributed by atoms with Gasteiger partial charge in [0.25, 0.3) is 0 Å². The van der Waals surface area contributed by atoms with Gasteiger partial charge in [-0.3, -0.25) is 19.3 Å². The maximum atomic E-state index is 13.9. The molecule has 0 aromatic carbocycles. The van der Waals surface area contributed by atoms with Crippen LogP contribution in [0.3, 0.4) is 0 Å². The predicted molar refractivity (Wildman–Crippen MR) is 113 cm³/mol. The smallest absolute Gasteiger partial charge is 0.310 e. The van der Waals surface area contributed by atoms with Gasteiger partial charge in [0, 0.05) is 32.7 Å². The lowest BCUT2D eigenvalue weighted by atomic mass is 9.70. The third-order valence-electron chi connectivity index (χ3n) is 7.45. The molecule has 0 radical (unpaired) electrons. The molecule has 10 heteroatoms. The number of hydrogen-bond donors (Lipinski definition) is 2. The number of aliphatic hydroxyl groups excluding tert-OH is 1. The summed E-state index contributed by atoms with van der Waals surface area (Å²) in [6.45, 7) is 9.45. The average Bonchev–Trinajstić information content (AvgIpc) is 3.43. The number of nitrogens with zero attached hydrogens (tertiary/aromatic N) is 3. The van der Waals surface area contributed by atoms with E-state index in [0.717, 1.165) is 13.1 Å². The van der Waals surface area contributed by atoms with Gasteiger partial charge in [-0.25, -0.2) is 0 Å². The number of carbonyl (C=O) groups is 3. The third kappa shape index (κ3) is 3.63. The molecule has 4 fully saturated rings. The van der Waals surface area contributed by atoms with Gasteiger partial charge in [-0.2, -0.15) is 0 Å². The molecule has 178 valence electrons. The Morgan fingerprint density at radius 2 is 2.09 bits per heavy atom. The first-order valence-corrected chi connectivity index (χ1v) is 11.4. The second-order valence-corrected chi connectivity index (χ2v) is 9.20. The molecule has 2 N–H and O–H groups in total. The van der Waals surface area contributed by atoms with Gasteiger partial charge in [-0.05, 0) is 19.8 Å². The minimum Gasteiger partial charge on any atom is -0.481 e. The van der Waals surface area contributed by atoms with E-state index in [1.54, 1.807) is 17.9 Å². The molecule has 2 unspecified atom stereocenters. The van der Waals surface area contributed by atoms with Gasteiger partial charge in [0.05, 0.1) is 43.8 Å². The fourth-order valence-electron chi connectivity index (χ4n) is 5.92. The van der Waals surface area contributed by atoms with E-state index in [-0.39, 0.29) is 12.5 Å². The molecule has 1 spiro atoms. The van der Waals surface area contributed by atoms with Crippen molar-refractivity contribution in [3.63, 3.8) is 0 Å². The first kappa shape index (κ1) is 23.2. The minimum atomic E-state index is -1.16. The standard InChI is InChI=1S/C22H33N3O7/c1-3-6-24(8-7-23-9-11-31-12-10-23)20(28)18-22-5-4-15(32-22)16(21(29)30)17(22)19(27)25(18)14(2)13-26/h3,14-18,26H,1,4-13H2,2H3,(H,29,30)/t14-,15+,16-,17+,18?,22?/m1/s1. The van der Waals surface area contributed by atoms with E-state index in [1.807, 2.05) is 0 Å². The van der Waals surface area contributed by atoms with Crippen molar-refractivity contribution in [1.82, 2.24) is 14.7 Å². The van der Waals surface area contributed by atoms with Crippen LogP contribution in [0.5, 0.6) is 0 Å². The molecule has 32 heavy (non-hydrogen) atoms. The number of hydrogen-bond acceptors (Lipinski definition) is 7. The van der Waals surface area contributed by atoms with Crippen molar-refractivity contribution < 1.29 is 34.1 Å². The number of rotatable bonds is 9. The van der Waals surface area contributed by atoms with Crippen LogP contribution in [0, 0.1) is 11.8 Å². The van der Waals surface area contributed by atoms with E-state index in [0.29, 0.717) is 45.7 Å². The summed E-state index contributed by atoms with van der Waals surface area (Å²) < 4.78 is 11.6. The van der Waals surface area contributed by atoms with E-state index in [9.17, 15) is 24.6 Å². The topological polar surface area (TPSA) is 120 Å². The number of carboxylic acid groups (broad SMARTS) is 1. The zero-order chi connectivity index (χ0) is 23.0. The van der Waals surface area contributed by atoms with Gasteiger partial charge >= 0.3 is 5.97 Å². The van der Waals surface area contributed by atoms with Crippen LogP contribution in [0.2, 0.25) is 0 Å². The second kappa shape index (κ2) is 9.09. The number of aliphatic hydroxyl groups is 1. The molecule has 6 atom stereocenters. The molecular weight excluding hydrogens is 418 g/mol. The highest BCUT2D eigenvalue weighted by atomic mass is 16.5. The molecule has 4 aliphatic heterocycles. The number of fused-ring (bicyclic) bond motifs is 1. The fraction of sp³-hybridized carbons (Fsp3) is 0.773. The molecule has 0 aromatic heterocycles. The van der Waals surface area contributed by atoms with Gasteiger partial charge in [0.15, 0.2) is 0 Å². The lowest BCUT2D eigenvalue weighted by Crippen LogP contribution is -2.59. The summed E-state index contributed by atoms with van der Waals surface area (Å²) in [5.74, 6) is -3.64. The molecular formula is C22H33N3O7. The summed E-state index contributed by atoms with van der Waals surface area (Å²) in [6.07, 6.45) is 2.04. The Morgan fingerprint density at radius 1 is 1.38 bits per heavy atom. The van der Waals surface area contributed by atoms with Crippen molar-refractivity contribution in [1.29, 1.82) is 0 Å². The number of carboxylic acids is 1. The number of likely N-dealkylation sites (tertiary alicyclic amines) is 1. The van der Waals surface area contributed by atoms with Crippen molar-refractivity contribution in [2.24, 2.45) is 11.8 Å². The summed E-state index contributed by atoms with van der Waals surface area (Å²) >= 11 is 0. The Morgan fingerprint density at radius 3 is 2.72 bits per heavy atom. The summed E-state index contributed by atoms with van der Waals surface area (Å²) in [5, 5.41) is 19.6. The van der Waals surface area contributed by atoms with E-state index in [2.05, 4.69) is 11.5 Å². The molecule has 4 rings (SSSR count). The van der Waals surface area contributed by atoms with Crippen LogP contribution in [-0.2, 0) is 23.9 Å². The SMILES string of the molecule is C=CCN(CCN1CCOCC1)C(=O)C1N([C@H](C)CO)C(=O)[C@@H]2[C@H](C(=O)O)[C@@H]3CCC12O3. The first-order chi connectivity index (χ1) is 15.4. The van der Waals surface area contributed by atoms with Crippen molar-refractivity contribution >= 4 is 17.8 Å². The van der Waals surface area contributed by atoms with Crippen LogP contribution in [0.15, 0.2) is 12.7 Å². The molecule has 4 heterocycles. The maximum Gasteiger partial charge on any atom is 0.310 e. The zero-order valence-corrected chi connectivity index (χ0v) is 18.5. The van der Waals surface area contributed by atoms with Crippen LogP contribution < -0.4 is 0 Å². The fourth-order valence-corrected chi connectivity index (χ4v) is 5.92. The van der Waals surface area contributed by atoms with Crippen LogP contribution in [0.1, 0.15) is 19.8 Å². The van der Waals surface area contributed by atoms with Crippen LogP contribution >= 0.6 is 0 Å². The zero-order valence-electron chi connectivity index (χ0n) is 18.5. The molecule has 2 bridgehead atoms. The van der Waals surface area contributed by atoms with E-state index >= 15 is 0 Å². The first-order valence-electron chi connectivity index (χ1n) is 11.4. The Balaban J connectivity index is 1.63. The van der Waals surface area contributed by atoms with Gasteiger partial charge in [0.2, 0.25) is 11.8 Å². The lowest BCUT2D eigenvalue weighted by molar-refractivity contribution is -0.153. The average molecular weight is 452 g/mol. The number of ether oxygens (including phenoxy) is 2. The lowest BCUT2D eigenvalue weighted by Gasteiger charge is -2.39. The number of carbonyl (C=O) groups excluding carboxylic acids is 2. The van der Waals surface area contributed by atoms with Gasteiger partial charge in [0.1, 0.15) is 11.6 Å². The molecule has 0 saturated carbocycles. The van der Waals surface area contributed by atoms with Crippen molar-refractivity contribution in [3.05, 3.63) is 12.7 Å². The Labute approximate surface area is 187 Å². The van der Waals surface area contributed by atoms with E-state index in [4.69, 9.17) is 9.47 Å². The van der Waals surface area contributed by atoms with Gasteiger partial charge < -0.3 is 29.5 Å². The van der Waals surface area contributed by atoms with Gasteiger partial charge in [-0.1, -0.05) is 6.08 Å². The summed E-state index contributed by atoms with van der Waals surface area (Å²) in [5.41, 5.74) is -1.16. The Kier molecular flexibility index (Phi) is 6.58. The van der Waals surface area contributed by atoms with Crippen molar-refractivity contribution in [2.45, 2.75) is 43.6 Å². The van der Waals surface area contributed by atoms with Gasteiger partial charge in [-0.15, -0.1) is 6.58 Å². The number of amides is 2. The van der Waals surface area contributed by atoms with Crippen LogP contribution in [0.4, 0.5) is 0 Å². The molecule has 4 aliphatic rings. The molecule has 4 saturated heterocycles. The van der Waals surface area contributed by atoms with Crippen LogP contribution in [-0.4, -0.2) is 119 Å². The predicted octanol–water partition coefficient (Wildman–Crippen LogP) is -0.827. The molecule has 10 nitrogen and oxygen atoms in total.